The van der Waals surface area contributed by atoms with Crippen molar-refractivity contribution in [1.29, 1.82) is 5.26 Å². The van der Waals surface area contributed by atoms with E-state index in [0.29, 0.717) is 11.4 Å². The number of aromatic nitrogens is 1. The molecule has 0 aliphatic heterocycles. The van der Waals surface area contributed by atoms with E-state index in [2.05, 4.69) is 9.83 Å². The number of aryl methyl sites for hydroxylation is 1. The fraction of sp³-hybridized carbons (Fsp3) is 0.238. The van der Waals surface area contributed by atoms with Crippen LogP contribution in [0.15, 0.2) is 36.4 Å². The Bertz CT molecular complexity index is 1160. The molecule has 0 spiro atoms. The van der Waals surface area contributed by atoms with Crippen LogP contribution in [0.25, 0.3) is 15.7 Å². The first kappa shape index (κ1) is 20.2. The highest BCUT2D eigenvalue weighted by atomic mass is 19.4. The second-order valence-electron chi connectivity index (χ2n) is 6.90. The molecule has 148 valence electrons. The van der Waals surface area contributed by atoms with Gasteiger partial charge in [-0.3, -0.25) is 0 Å². The van der Waals surface area contributed by atoms with Gasteiger partial charge in [0, 0.05) is 5.52 Å². The lowest BCUT2D eigenvalue weighted by atomic mass is 10.0. The summed E-state index contributed by atoms with van der Waals surface area (Å²) in [4.78, 5) is 6.51. The smallest absolute Gasteiger partial charge is 0.417 e. The summed E-state index contributed by atoms with van der Waals surface area (Å²) in [7, 11) is 0. The number of aromatic amines is 1. The van der Waals surface area contributed by atoms with E-state index in [1.807, 2.05) is 0 Å². The number of halogens is 3. The number of fused-ring (bicyclic) bond motifs is 1. The van der Waals surface area contributed by atoms with Gasteiger partial charge >= 0.3 is 6.18 Å². The van der Waals surface area contributed by atoms with E-state index in [9.17, 15) is 18.3 Å². The molecule has 1 atom stereocenters. The number of nitrogens with one attached hydrogen (secondary N) is 1. The molecule has 3 rings (SSSR count). The van der Waals surface area contributed by atoms with Crippen LogP contribution in [-0.4, -0.2) is 16.7 Å². The summed E-state index contributed by atoms with van der Waals surface area (Å²) in [5.74, 6) is -0.112. The number of hydrogen-bond acceptors (Lipinski definition) is 3. The Morgan fingerprint density at radius 2 is 1.97 bits per heavy atom. The molecule has 29 heavy (non-hydrogen) atoms. The average Bonchev–Trinajstić information content (AvgIpc) is 3.08. The Hall–Kier alpha value is -3.49. The molecule has 0 radical (unpaired) electrons. The summed E-state index contributed by atoms with van der Waals surface area (Å²) >= 11 is 0. The molecule has 0 fully saturated rings. The molecule has 0 aliphatic rings. The summed E-state index contributed by atoms with van der Waals surface area (Å²) in [5, 5.41) is 20.4. The first-order valence-electron chi connectivity index (χ1n) is 8.53. The standard InChI is InChI=1S/C21H16F3N3O2/c1-12-6-18-14(7-17(12)26-3)8-19(27-18)20(2,28)11-29-15-5-4-13(10-25)16(9-15)21(22,23)24/h4-9,27-28H,11H2,1-2H3. The lowest BCUT2D eigenvalue weighted by Crippen LogP contribution is -2.30. The zero-order valence-electron chi connectivity index (χ0n) is 15.6. The summed E-state index contributed by atoms with van der Waals surface area (Å²) in [6.45, 7) is 10.1. The van der Waals surface area contributed by atoms with Crippen molar-refractivity contribution in [1.82, 2.24) is 4.98 Å². The number of nitriles is 1. The van der Waals surface area contributed by atoms with Crippen LogP contribution in [-0.2, 0) is 11.8 Å². The van der Waals surface area contributed by atoms with Crippen LogP contribution < -0.4 is 4.74 Å². The molecule has 1 heterocycles. The number of alkyl halides is 3. The van der Waals surface area contributed by atoms with E-state index in [1.165, 1.54) is 19.1 Å². The van der Waals surface area contributed by atoms with Crippen LogP contribution in [0, 0.1) is 24.8 Å². The Morgan fingerprint density at radius 1 is 1.24 bits per heavy atom. The molecule has 2 aromatic carbocycles. The molecular formula is C21H16F3N3O2. The van der Waals surface area contributed by atoms with E-state index in [4.69, 9.17) is 16.6 Å². The predicted octanol–water partition coefficient (Wildman–Crippen LogP) is 5.20. The molecule has 1 aromatic heterocycles. The summed E-state index contributed by atoms with van der Waals surface area (Å²) in [5.41, 5.74) is -0.715. The van der Waals surface area contributed by atoms with E-state index >= 15 is 0 Å². The Labute approximate surface area is 164 Å². The maximum absolute atomic E-state index is 13.1. The first-order valence-corrected chi connectivity index (χ1v) is 8.53. The second-order valence-corrected chi connectivity index (χ2v) is 6.90. The Kier molecular flexibility index (Phi) is 5.00. The zero-order valence-corrected chi connectivity index (χ0v) is 15.6. The molecule has 0 saturated carbocycles. The Morgan fingerprint density at radius 3 is 2.59 bits per heavy atom. The van der Waals surface area contributed by atoms with Crippen molar-refractivity contribution >= 4 is 16.6 Å². The number of aliphatic hydroxyl groups is 1. The van der Waals surface area contributed by atoms with Crippen LogP contribution in [0.4, 0.5) is 18.9 Å². The number of benzene rings is 2. The molecule has 0 bridgehead atoms. The minimum Gasteiger partial charge on any atom is -0.490 e. The summed E-state index contributed by atoms with van der Waals surface area (Å²) < 4.78 is 44.7. The third-order valence-corrected chi connectivity index (χ3v) is 4.57. The fourth-order valence-electron chi connectivity index (χ4n) is 2.93. The zero-order chi connectivity index (χ0) is 21.4. The number of ether oxygens (including phenoxy) is 1. The summed E-state index contributed by atoms with van der Waals surface area (Å²) in [6, 6.07) is 9.69. The van der Waals surface area contributed by atoms with Gasteiger partial charge < -0.3 is 14.8 Å². The van der Waals surface area contributed by atoms with Crippen LogP contribution in [0.1, 0.15) is 29.3 Å². The van der Waals surface area contributed by atoms with Gasteiger partial charge in [0.05, 0.1) is 29.5 Å². The first-order chi connectivity index (χ1) is 13.5. The van der Waals surface area contributed by atoms with Crippen molar-refractivity contribution in [3.63, 3.8) is 0 Å². The lowest BCUT2D eigenvalue weighted by Gasteiger charge is -2.23. The maximum Gasteiger partial charge on any atom is 0.417 e. The van der Waals surface area contributed by atoms with Crippen LogP contribution >= 0.6 is 0 Å². The van der Waals surface area contributed by atoms with Gasteiger partial charge in [0.2, 0.25) is 0 Å². The molecule has 1 unspecified atom stereocenters. The average molecular weight is 399 g/mol. The highest BCUT2D eigenvalue weighted by Crippen LogP contribution is 2.35. The molecular weight excluding hydrogens is 383 g/mol. The predicted molar refractivity (Wildman–Crippen MR) is 101 cm³/mol. The molecule has 8 heteroatoms. The molecule has 2 N–H and O–H groups in total. The highest BCUT2D eigenvalue weighted by molar-refractivity contribution is 5.86. The van der Waals surface area contributed by atoms with Gasteiger partial charge in [0.15, 0.2) is 5.69 Å². The largest absolute Gasteiger partial charge is 0.490 e. The van der Waals surface area contributed by atoms with Crippen molar-refractivity contribution in [3.8, 4) is 11.8 Å². The molecule has 0 amide bonds. The van der Waals surface area contributed by atoms with Gasteiger partial charge in [0.25, 0.3) is 0 Å². The van der Waals surface area contributed by atoms with Crippen LogP contribution in [0.3, 0.4) is 0 Å². The normalized spacial score (nSPS) is 13.5. The Balaban J connectivity index is 1.86. The topological polar surface area (TPSA) is 73.4 Å². The van der Waals surface area contributed by atoms with Gasteiger partial charge in [-0.2, -0.15) is 18.4 Å². The highest BCUT2D eigenvalue weighted by Gasteiger charge is 2.34. The third kappa shape index (κ3) is 4.03. The molecule has 0 aliphatic carbocycles. The van der Waals surface area contributed by atoms with Gasteiger partial charge in [-0.15, -0.1) is 0 Å². The number of H-pyrrole nitrogens is 1. The van der Waals surface area contributed by atoms with Crippen molar-refractivity contribution < 1.29 is 23.0 Å². The van der Waals surface area contributed by atoms with E-state index in [0.717, 1.165) is 28.6 Å². The van der Waals surface area contributed by atoms with Crippen molar-refractivity contribution in [2.24, 2.45) is 0 Å². The third-order valence-electron chi connectivity index (χ3n) is 4.57. The quantitative estimate of drug-likeness (QED) is 0.592. The van der Waals surface area contributed by atoms with Crippen LogP contribution in [0.2, 0.25) is 0 Å². The van der Waals surface area contributed by atoms with Crippen molar-refractivity contribution in [2.45, 2.75) is 25.6 Å². The number of nitrogens with zero attached hydrogens (tertiary/aromatic N) is 2. The lowest BCUT2D eigenvalue weighted by molar-refractivity contribution is -0.137. The van der Waals surface area contributed by atoms with Crippen LogP contribution in [0.5, 0.6) is 5.75 Å². The van der Waals surface area contributed by atoms with Gasteiger partial charge in [-0.1, -0.05) is 0 Å². The van der Waals surface area contributed by atoms with Gasteiger partial charge in [-0.25, -0.2) is 4.85 Å². The maximum atomic E-state index is 13.1. The van der Waals surface area contributed by atoms with Gasteiger partial charge in [0.1, 0.15) is 18.0 Å². The number of hydrogen-bond donors (Lipinski definition) is 2. The van der Waals surface area contributed by atoms with E-state index < -0.39 is 22.9 Å². The molecule has 5 nitrogen and oxygen atoms in total. The van der Waals surface area contributed by atoms with Crippen molar-refractivity contribution in [2.75, 3.05) is 6.61 Å². The van der Waals surface area contributed by atoms with Gasteiger partial charge in [-0.05, 0) is 61.2 Å². The number of rotatable bonds is 4. The van der Waals surface area contributed by atoms with E-state index in [-0.39, 0.29) is 12.4 Å². The minimum absolute atomic E-state index is 0.112. The molecule has 3 aromatic rings. The SMILES string of the molecule is [C-]#[N+]c1cc2cc(C(C)(O)COc3ccc(C#N)c(C(F)(F)F)c3)[nH]c2cc1C. The monoisotopic (exact) mass is 399 g/mol. The second kappa shape index (κ2) is 7.16. The van der Waals surface area contributed by atoms with E-state index in [1.54, 1.807) is 25.1 Å². The minimum atomic E-state index is -4.69. The molecule has 0 saturated heterocycles. The van der Waals surface area contributed by atoms with Crippen molar-refractivity contribution in [3.05, 3.63) is 70.2 Å². The fourth-order valence-corrected chi connectivity index (χ4v) is 2.93. The summed E-state index contributed by atoms with van der Waals surface area (Å²) in [6.07, 6.45) is -4.69.